The van der Waals surface area contributed by atoms with Gasteiger partial charge in [0.25, 0.3) is 0 Å². The van der Waals surface area contributed by atoms with Crippen LogP contribution in [0.2, 0.25) is 0 Å². The summed E-state index contributed by atoms with van der Waals surface area (Å²) in [6, 6.07) is 14.1. The van der Waals surface area contributed by atoms with Gasteiger partial charge in [-0.2, -0.15) is 0 Å². The van der Waals surface area contributed by atoms with E-state index in [2.05, 4.69) is 37.4 Å². The van der Waals surface area contributed by atoms with Crippen molar-refractivity contribution >= 4 is 12.3 Å². The van der Waals surface area contributed by atoms with E-state index in [1.165, 1.54) is 0 Å². The second-order valence-electron chi connectivity index (χ2n) is 8.36. The van der Waals surface area contributed by atoms with Crippen molar-refractivity contribution in [1.29, 1.82) is 0 Å². The van der Waals surface area contributed by atoms with E-state index in [-0.39, 0.29) is 18.5 Å². The summed E-state index contributed by atoms with van der Waals surface area (Å²) in [7, 11) is 1.64. The molecule has 2 aromatic heterocycles. The number of nitrogens with zero attached hydrogens (tertiary/aromatic N) is 3. The minimum atomic E-state index is -0.101. The topological polar surface area (TPSA) is 116 Å². The zero-order chi connectivity index (χ0) is 24.2. The molecule has 0 radical (unpaired) electrons. The number of carbonyl (C=O) groups excluding carboxylic acids is 2. The maximum atomic E-state index is 12.5. The molecule has 1 fully saturated rings. The van der Waals surface area contributed by atoms with Crippen molar-refractivity contribution in [2.75, 3.05) is 20.2 Å². The minimum Gasteiger partial charge on any atom is -0.496 e. The summed E-state index contributed by atoms with van der Waals surface area (Å²) >= 11 is 0. The monoisotopic (exact) mass is 470 g/mol. The first-order valence-corrected chi connectivity index (χ1v) is 11.5. The normalized spacial score (nSPS) is 15.2. The van der Waals surface area contributed by atoms with Crippen LogP contribution in [0.1, 0.15) is 24.6 Å². The van der Waals surface area contributed by atoms with E-state index >= 15 is 0 Å². The van der Waals surface area contributed by atoms with Gasteiger partial charge in [0, 0.05) is 24.5 Å². The molecule has 3 N–H and O–H groups in total. The van der Waals surface area contributed by atoms with E-state index in [4.69, 9.17) is 4.74 Å². The van der Waals surface area contributed by atoms with Gasteiger partial charge in [-0.3, -0.25) is 9.59 Å². The molecule has 9 nitrogen and oxygen atoms in total. The maximum Gasteiger partial charge on any atom is 0.242 e. The van der Waals surface area contributed by atoms with Crippen LogP contribution in [0.15, 0.2) is 61.1 Å². The summed E-state index contributed by atoms with van der Waals surface area (Å²) in [5.74, 6) is 2.12. The molecule has 2 aromatic carbocycles. The molecule has 4 aromatic rings. The van der Waals surface area contributed by atoms with Gasteiger partial charge in [0.15, 0.2) is 0 Å². The number of hydrogen-bond donors (Lipinski definition) is 3. The molecule has 9 heteroatoms. The number of imidazole rings is 2. The predicted octanol–water partition coefficient (Wildman–Crippen LogP) is 3.55. The number of aromatic nitrogens is 4. The average Bonchev–Trinajstić information content (AvgIpc) is 3.68. The fourth-order valence-corrected chi connectivity index (χ4v) is 4.57. The first-order valence-electron chi connectivity index (χ1n) is 11.5. The van der Waals surface area contributed by atoms with Gasteiger partial charge in [-0.25, -0.2) is 9.97 Å². The third-order valence-electron chi connectivity index (χ3n) is 6.31. The molecule has 1 aliphatic rings. The molecule has 0 saturated carbocycles. The number of amides is 2. The van der Waals surface area contributed by atoms with Crippen molar-refractivity contribution in [1.82, 2.24) is 30.2 Å². The molecule has 1 aliphatic heterocycles. The molecule has 3 heterocycles. The molecule has 178 valence electrons. The standard InChI is InChI=1S/C26H26N6O3/c1-35-23-13-19(17-4-6-18(7-5-17)25-28-10-11-29-25)8-9-20(23)26-30-14-21(31-26)22-3-2-12-32(22)24(34)15-27-16-33/h4-11,13-14,16,22H,2-3,12,15H2,1H3,(H,27,33)(H,28,29)(H,30,31). The van der Waals surface area contributed by atoms with E-state index < -0.39 is 0 Å². The van der Waals surface area contributed by atoms with Crippen LogP contribution in [0.5, 0.6) is 5.75 Å². The number of methoxy groups -OCH3 is 1. The molecule has 2 amide bonds. The first kappa shape index (κ1) is 22.4. The van der Waals surface area contributed by atoms with Crippen LogP contribution in [0.3, 0.4) is 0 Å². The molecule has 0 spiro atoms. The molecule has 1 saturated heterocycles. The summed E-state index contributed by atoms with van der Waals surface area (Å²) in [5.41, 5.74) is 4.82. The van der Waals surface area contributed by atoms with Crippen molar-refractivity contribution in [2.24, 2.45) is 0 Å². The van der Waals surface area contributed by atoms with Gasteiger partial charge in [-0.05, 0) is 36.1 Å². The lowest BCUT2D eigenvalue weighted by molar-refractivity contribution is -0.132. The Kier molecular flexibility index (Phi) is 6.30. The summed E-state index contributed by atoms with van der Waals surface area (Å²) < 4.78 is 5.70. The molecule has 35 heavy (non-hydrogen) atoms. The Bertz CT molecular complexity index is 1310. The van der Waals surface area contributed by atoms with E-state index in [9.17, 15) is 9.59 Å². The predicted molar refractivity (Wildman–Crippen MR) is 131 cm³/mol. The number of hydrogen-bond acceptors (Lipinski definition) is 5. The highest BCUT2D eigenvalue weighted by atomic mass is 16.5. The molecule has 0 aliphatic carbocycles. The van der Waals surface area contributed by atoms with Crippen molar-refractivity contribution < 1.29 is 14.3 Å². The van der Waals surface area contributed by atoms with Crippen LogP contribution < -0.4 is 10.1 Å². The minimum absolute atomic E-state index is 0.00122. The Balaban J connectivity index is 1.37. The second-order valence-corrected chi connectivity index (χ2v) is 8.36. The van der Waals surface area contributed by atoms with E-state index in [0.29, 0.717) is 24.5 Å². The van der Waals surface area contributed by atoms with Crippen LogP contribution in [0, 0.1) is 0 Å². The number of carbonyl (C=O) groups is 2. The average molecular weight is 471 g/mol. The molecule has 5 rings (SSSR count). The van der Waals surface area contributed by atoms with Crippen molar-refractivity contribution in [3.05, 3.63) is 66.7 Å². The highest BCUT2D eigenvalue weighted by Gasteiger charge is 2.31. The summed E-state index contributed by atoms with van der Waals surface area (Å²) in [4.78, 5) is 40.2. The second kappa shape index (κ2) is 9.84. The lowest BCUT2D eigenvalue weighted by Crippen LogP contribution is -2.37. The SMILES string of the molecule is COc1cc(-c2ccc(-c3ncc[nH]3)cc2)ccc1-c1ncc(C2CCCN2C(=O)CNC=O)[nH]1. The van der Waals surface area contributed by atoms with Crippen LogP contribution in [-0.2, 0) is 9.59 Å². The van der Waals surface area contributed by atoms with Crippen molar-refractivity contribution in [2.45, 2.75) is 18.9 Å². The Morgan fingerprint density at radius 2 is 1.94 bits per heavy atom. The maximum absolute atomic E-state index is 12.5. The number of likely N-dealkylation sites (tertiary alicyclic amines) is 1. The highest BCUT2D eigenvalue weighted by Crippen LogP contribution is 2.36. The number of rotatable bonds is 8. The van der Waals surface area contributed by atoms with E-state index in [1.807, 2.05) is 30.3 Å². The Morgan fingerprint density at radius 3 is 2.69 bits per heavy atom. The molecular formula is C26H26N6O3. The van der Waals surface area contributed by atoms with Crippen molar-refractivity contribution in [3.63, 3.8) is 0 Å². The lowest BCUT2D eigenvalue weighted by Gasteiger charge is -2.23. The number of aromatic amines is 2. The molecule has 0 bridgehead atoms. The first-order chi connectivity index (χ1) is 17.2. The third-order valence-corrected chi connectivity index (χ3v) is 6.31. The highest BCUT2D eigenvalue weighted by molar-refractivity contribution is 5.81. The van der Waals surface area contributed by atoms with Gasteiger partial charge in [0.1, 0.15) is 17.4 Å². The Labute approximate surface area is 202 Å². The number of nitrogens with one attached hydrogen (secondary N) is 3. The van der Waals surface area contributed by atoms with Crippen LogP contribution in [0.25, 0.3) is 33.9 Å². The summed E-state index contributed by atoms with van der Waals surface area (Å²) in [6.07, 6.45) is 7.61. The van der Waals surface area contributed by atoms with Gasteiger partial charge in [-0.15, -0.1) is 0 Å². The number of benzene rings is 2. The largest absolute Gasteiger partial charge is 0.496 e. The fraction of sp³-hybridized carbons (Fsp3) is 0.231. The zero-order valence-corrected chi connectivity index (χ0v) is 19.3. The number of ether oxygens (including phenoxy) is 1. The van der Waals surface area contributed by atoms with E-state index in [0.717, 1.165) is 46.6 Å². The van der Waals surface area contributed by atoms with Gasteiger partial charge >= 0.3 is 0 Å². The molecular weight excluding hydrogens is 444 g/mol. The molecule has 1 unspecified atom stereocenters. The van der Waals surface area contributed by atoms with E-state index in [1.54, 1.807) is 30.6 Å². The quantitative estimate of drug-likeness (QED) is 0.341. The smallest absolute Gasteiger partial charge is 0.242 e. The van der Waals surface area contributed by atoms with Gasteiger partial charge in [0.05, 0.1) is 37.2 Å². The van der Waals surface area contributed by atoms with Gasteiger partial charge in [0.2, 0.25) is 12.3 Å². The Hall–Kier alpha value is -4.40. The third kappa shape index (κ3) is 4.52. The van der Waals surface area contributed by atoms with Gasteiger partial charge < -0.3 is 24.9 Å². The van der Waals surface area contributed by atoms with Crippen LogP contribution >= 0.6 is 0 Å². The summed E-state index contributed by atoms with van der Waals surface area (Å²) in [6.45, 7) is 0.661. The summed E-state index contributed by atoms with van der Waals surface area (Å²) in [5, 5.41) is 2.45. The zero-order valence-electron chi connectivity index (χ0n) is 19.3. The number of H-pyrrole nitrogens is 2. The molecule has 1 atom stereocenters. The van der Waals surface area contributed by atoms with Crippen LogP contribution in [-0.4, -0.2) is 57.4 Å². The Morgan fingerprint density at radius 1 is 1.14 bits per heavy atom. The van der Waals surface area contributed by atoms with Crippen molar-refractivity contribution in [3.8, 4) is 39.7 Å². The lowest BCUT2D eigenvalue weighted by atomic mass is 10.0. The fourth-order valence-electron chi connectivity index (χ4n) is 4.57. The van der Waals surface area contributed by atoms with Crippen LogP contribution in [0.4, 0.5) is 0 Å². The van der Waals surface area contributed by atoms with Gasteiger partial charge in [-0.1, -0.05) is 30.3 Å².